The van der Waals surface area contributed by atoms with Crippen LogP contribution in [-0.2, 0) is 4.79 Å². The van der Waals surface area contributed by atoms with Crippen molar-refractivity contribution in [2.45, 2.75) is 20.3 Å². The van der Waals surface area contributed by atoms with Crippen molar-refractivity contribution >= 4 is 18.3 Å². The first kappa shape index (κ1) is 11.7. The van der Waals surface area contributed by atoms with Crippen LogP contribution in [0.1, 0.15) is 20.3 Å². The highest BCUT2D eigenvalue weighted by molar-refractivity contribution is 5.85. The normalized spacial score (nSPS) is 27.3. The first-order valence-electron chi connectivity index (χ1n) is 4.01. The van der Waals surface area contributed by atoms with Gasteiger partial charge in [-0.1, -0.05) is 13.8 Å². The number of carbonyl (C=O) groups excluding carboxylic acids is 1. The number of carbonyl (C=O) groups is 1. The molecule has 12 heavy (non-hydrogen) atoms. The average Bonchev–Trinajstić information content (AvgIpc) is 1.85. The molecule has 1 aliphatic heterocycles. The van der Waals surface area contributed by atoms with Gasteiger partial charge >= 0.3 is 0 Å². The predicted octanol–water partition coefficient (Wildman–Crippen LogP) is 0.529. The Morgan fingerprint density at radius 1 is 1.58 bits per heavy atom. The van der Waals surface area contributed by atoms with E-state index in [1.807, 2.05) is 0 Å². The topological polar surface area (TPSA) is 55.1 Å². The third kappa shape index (κ3) is 2.99. The molecule has 1 saturated heterocycles. The van der Waals surface area contributed by atoms with Gasteiger partial charge in [0.15, 0.2) is 0 Å². The maximum atomic E-state index is 10.8. The van der Waals surface area contributed by atoms with E-state index >= 15 is 0 Å². The molecule has 1 unspecified atom stereocenters. The molecule has 72 valence electrons. The van der Waals surface area contributed by atoms with Gasteiger partial charge in [-0.25, -0.2) is 0 Å². The molecule has 3 N–H and O–H groups in total. The lowest BCUT2D eigenvalue weighted by Gasteiger charge is -2.34. The smallest absolute Gasteiger partial charge is 0.221 e. The quantitative estimate of drug-likeness (QED) is 0.637. The van der Waals surface area contributed by atoms with E-state index in [1.54, 1.807) is 0 Å². The molecule has 1 fully saturated rings. The Balaban J connectivity index is 0.00000121. The largest absolute Gasteiger partial charge is 0.369 e. The van der Waals surface area contributed by atoms with E-state index in [1.165, 1.54) is 0 Å². The van der Waals surface area contributed by atoms with Gasteiger partial charge in [-0.2, -0.15) is 0 Å². The number of nitrogens with two attached hydrogens (primary N) is 1. The Bertz CT molecular complexity index is 170. The van der Waals surface area contributed by atoms with Crippen molar-refractivity contribution in [1.82, 2.24) is 5.32 Å². The lowest BCUT2D eigenvalue weighted by molar-refractivity contribution is -0.123. The van der Waals surface area contributed by atoms with Crippen LogP contribution in [0.25, 0.3) is 0 Å². The lowest BCUT2D eigenvalue weighted by Crippen LogP contribution is -2.45. The van der Waals surface area contributed by atoms with Gasteiger partial charge < -0.3 is 11.1 Å². The summed E-state index contributed by atoms with van der Waals surface area (Å²) in [7, 11) is 0. The minimum absolute atomic E-state index is 0. The van der Waals surface area contributed by atoms with Gasteiger partial charge in [-0.05, 0) is 11.8 Å². The van der Waals surface area contributed by atoms with E-state index < -0.39 is 0 Å². The summed E-state index contributed by atoms with van der Waals surface area (Å²) in [4.78, 5) is 10.8. The number of halogens is 1. The Hall–Kier alpha value is -0.280. The standard InChI is InChI=1S/C8H16N2O.ClH/c1-8(2)3-6(7(9)11)4-10-5-8;/h6,10H,3-5H2,1-2H3,(H2,9,11);1H. The van der Waals surface area contributed by atoms with E-state index in [0.717, 1.165) is 19.5 Å². The van der Waals surface area contributed by atoms with Crippen LogP contribution in [0, 0.1) is 11.3 Å². The second kappa shape index (κ2) is 4.10. The van der Waals surface area contributed by atoms with Gasteiger partial charge in [-0.15, -0.1) is 12.4 Å². The van der Waals surface area contributed by atoms with Crippen molar-refractivity contribution < 1.29 is 4.79 Å². The summed E-state index contributed by atoms with van der Waals surface area (Å²) in [6, 6.07) is 0. The molecule has 0 aromatic rings. The molecule has 1 amide bonds. The highest BCUT2D eigenvalue weighted by atomic mass is 35.5. The molecule has 0 bridgehead atoms. The van der Waals surface area contributed by atoms with Crippen LogP contribution in [-0.4, -0.2) is 19.0 Å². The summed E-state index contributed by atoms with van der Waals surface area (Å²) in [6.45, 7) is 6.03. The monoisotopic (exact) mass is 192 g/mol. The van der Waals surface area contributed by atoms with Gasteiger partial charge in [0.2, 0.25) is 5.91 Å². The zero-order valence-corrected chi connectivity index (χ0v) is 8.41. The van der Waals surface area contributed by atoms with Crippen molar-refractivity contribution in [3.63, 3.8) is 0 Å². The van der Waals surface area contributed by atoms with E-state index in [0.29, 0.717) is 0 Å². The second-order valence-corrected chi connectivity index (χ2v) is 4.10. The molecule has 1 heterocycles. The van der Waals surface area contributed by atoms with Crippen LogP contribution >= 0.6 is 12.4 Å². The van der Waals surface area contributed by atoms with Gasteiger partial charge in [0.25, 0.3) is 0 Å². The SMILES string of the molecule is CC1(C)CNCC(C(N)=O)C1.Cl. The number of amides is 1. The zero-order valence-electron chi connectivity index (χ0n) is 7.59. The van der Waals surface area contributed by atoms with Crippen molar-refractivity contribution in [3.8, 4) is 0 Å². The lowest BCUT2D eigenvalue weighted by atomic mass is 9.79. The molecule has 3 nitrogen and oxygen atoms in total. The van der Waals surface area contributed by atoms with E-state index in [9.17, 15) is 4.79 Å². The van der Waals surface area contributed by atoms with Crippen molar-refractivity contribution in [1.29, 1.82) is 0 Å². The Morgan fingerprint density at radius 2 is 2.17 bits per heavy atom. The number of primary amides is 1. The molecule has 1 atom stereocenters. The molecule has 0 aliphatic carbocycles. The Kier molecular flexibility index (Phi) is 4.00. The van der Waals surface area contributed by atoms with Crippen molar-refractivity contribution in [2.75, 3.05) is 13.1 Å². The summed E-state index contributed by atoms with van der Waals surface area (Å²) >= 11 is 0. The fourth-order valence-corrected chi connectivity index (χ4v) is 1.60. The third-order valence-corrected chi connectivity index (χ3v) is 2.20. The first-order chi connectivity index (χ1) is 5.01. The molecule has 1 rings (SSSR count). The van der Waals surface area contributed by atoms with Crippen molar-refractivity contribution in [3.05, 3.63) is 0 Å². The molecular formula is C8H17ClN2O. The number of nitrogens with one attached hydrogen (secondary N) is 1. The van der Waals surface area contributed by atoms with Crippen LogP contribution in [0.5, 0.6) is 0 Å². The summed E-state index contributed by atoms with van der Waals surface area (Å²) < 4.78 is 0. The van der Waals surface area contributed by atoms with Crippen LogP contribution < -0.4 is 11.1 Å². The van der Waals surface area contributed by atoms with Gasteiger partial charge in [0, 0.05) is 13.1 Å². The second-order valence-electron chi connectivity index (χ2n) is 4.10. The fraction of sp³-hybridized carbons (Fsp3) is 0.875. The molecule has 0 saturated carbocycles. The molecule has 4 heteroatoms. The van der Waals surface area contributed by atoms with Crippen LogP contribution in [0.15, 0.2) is 0 Å². The minimum Gasteiger partial charge on any atom is -0.369 e. The molecule has 1 aliphatic rings. The molecule has 0 radical (unpaired) electrons. The highest BCUT2D eigenvalue weighted by Gasteiger charge is 2.30. The minimum atomic E-state index is -0.176. The molecule has 0 spiro atoms. The molecule has 0 aromatic heterocycles. The molecular weight excluding hydrogens is 176 g/mol. The van der Waals surface area contributed by atoms with Gasteiger partial charge in [0.1, 0.15) is 0 Å². The fourth-order valence-electron chi connectivity index (χ4n) is 1.60. The van der Waals surface area contributed by atoms with Crippen molar-refractivity contribution in [2.24, 2.45) is 17.1 Å². The number of hydrogen-bond donors (Lipinski definition) is 2. The Labute approximate surface area is 79.5 Å². The summed E-state index contributed by atoms with van der Waals surface area (Å²) in [5, 5.41) is 3.21. The van der Waals surface area contributed by atoms with Gasteiger partial charge in [-0.3, -0.25) is 4.79 Å². The Morgan fingerprint density at radius 3 is 2.50 bits per heavy atom. The molecule has 0 aromatic carbocycles. The maximum absolute atomic E-state index is 10.8. The summed E-state index contributed by atoms with van der Waals surface area (Å²) in [6.07, 6.45) is 0.912. The number of piperidine rings is 1. The van der Waals surface area contributed by atoms with Gasteiger partial charge in [0.05, 0.1) is 5.92 Å². The number of hydrogen-bond acceptors (Lipinski definition) is 2. The number of rotatable bonds is 1. The zero-order chi connectivity index (χ0) is 8.48. The van der Waals surface area contributed by atoms with Crippen LogP contribution in [0.4, 0.5) is 0 Å². The van der Waals surface area contributed by atoms with E-state index in [4.69, 9.17) is 5.73 Å². The highest BCUT2D eigenvalue weighted by Crippen LogP contribution is 2.27. The summed E-state index contributed by atoms with van der Waals surface area (Å²) in [5.41, 5.74) is 5.43. The van der Waals surface area contributed by atoms with E-state index in [2.05, 4.69) is 19.2 Å². The average molecular weight is 193 g/mol. The van der Waals surface area contributed by atoms with Crippen LogP contribution in [0.3, 0.4) is 0 Å². The third-order valence-electron chi connectivity index (χ3n) is 2.20. The van der Waals surface area contributed by atoms with E-state index in [-0.39, 0.29) is 29.6 Å². The first-order valence-corrected chi connectivity index (χ1v) is 4.01. The maximum Gasteiger partial charge on any atom is 0.221 e. The van der Waals surface area contributed by atoms with Crippen LogP contribution in [0.2, 0.25) is 0 Å². The summed E-state index contributed by atoms with van der Waals surface area (Å²) in [5.74, 6) is -0.149. The predicted molar refractivity (Wildman–Crippen MR) is 51.2 cm³/mol.